The summed E-state index contributed by atoms with van der Waals surface area (Å²) in [6.07, 6.45) is 10.1. The first-order valence-corrected chi connectivity index (χ1v) is 7.58. The first-order chi connectivity index (χ1) is 9.54. The molecule has 3 nitrogen and oxygen atoms in total. The number of pyridine rings is 1. The Labute approximate surface area is 124 Å². The van der Waals surface area contributed by atoms with Crippen LogP contribution in [0.2, 0.25) is 0 Å². The van der Waals surface area contributed by atoms with Crippen LogP contribution in [0.15, 0.2) is 24.5 Å². The highest BCUT2D eigenvalue weighted by Crippen LogP contribution is 2.43. The normalized spacial score (nSPS) is 27.1. The molecule has 4 heteroatoms. The van der Waals surface area contributed by atoms with Gasteiger partial charge in [0, 0.05) is 17.9 Å². The largest absolute Gasteiger partial charge is 0.356 e. The van der Waals surface area contributed by atoms with Crippen LogP contribution in [0.25, 0.3) is 0 Å². The van der Waals surface area contributed by atoms with E-state index in [9.17, 15) is 0 Å². The van der Waals surface area contributed by atoms with E-state index in [0.29, 0.717) is 0 Å². The molecule has 0 bridgehead atoms. The fourth-order valence-electron chi connectivity index (χ4n) is 3.46. The van der Waals surface area contributed by atoms with Crippen LogP contribution in [-0.4, -0.2) is 50.4 Å². The lowest BCUT2D eigenvalue weighted by Gasteiger charge is -2.45. The highest BCUT2D eigenvalue weighted by atomic mass is 15.1. The zero-order valence-electron chi connectivity index (χ0n) is 13.0. The molecule has 1 fully saturated rings. The zero-order valence-corrected chi connectivity index (χ0v) is 13.0. The highest BCUT2D eigenvalue weighted by Gasteiger charge is 2.38. The molecule has 0 amide bonds. The lowest BCUT2D eigenvalue weighted by atomic mass is 9.71. The number of nitrogens with zero attached hydrogens (tertiary/aromatic N) is 3. The maximum absolute atomic E-state index is 5.72. The molecular formula is C16H26BN3. The van der Waals surface area contributed by atoms with Crippen molar-refractivity contribution in [3.05, 3.63) is 30.1 Å². The molecule has 0 unspecified atom stereocenters. The molecule has 1 aromatic heterocycles. The summed E-state index contributed by atoms with van der Waals surface area (Å²) in [4.78, 5) is 8.50. The van der Waals surface area contributed by atoms with Crippen molar-refractivity contribution in [2.24, 2.45) is 5.92 Å². The average molecular weight is 271 g/mol. The molecule has 2 rings (SSSR count). The molecule has 1 aliphatic carbocycles. The molecule has 1 saturated carbocycles. The first kappa shape index (κ1) is 15.5. The fraction of sp³-hybridized carbons (Fsp3) is 0.688. The summed E-state index contributed by atoms with van der Waals surface area (Å²) in [5, 5.41) is 0. The Morgan fingerprint density at radius 1 is 1.30 bits per heavy atom. The molecule has 1 aromatic rings. The lowest BCUT2D eigenvalue weighted by Crippen LogP contribution is -2.44. The van der Waals surface area contributed by atoms with Gasteiger partial charge in [-0.1, -0.05) is 6.07 Å². The summed E-state index contributed by atoms with van der Waals surface area (Å²) in [7, 11) is 12.1. The number of hydrogen-bond acceptors (Lipinski definition) is 3. The van der Waals surface area contributed by atoms with Crippen LogP contribution in [0.4, 0.5) is 0 Å². The first-order valence-electron chi connectivity index (χ1n) is 7.58. The van der Waals surface area contributed by atoms with Crippen LogP contribution >= 0.6 is 0 Å². The van der Waals surface area contributed by atoms with Gasteiger partial charge in [-0.15, -0.1) is 0 Å². The molecule has 0 atom stereocenters. The van der Waals surface area contributed by atoms with Crippen molar-refractivity contribution in [2.45, 2.75) is 37.6 Å². The van der Waals surface area contributed by atoms with Crippen LogP contribution in [0, 0.1) is 5.92 Å². The van der Waals surface area contributed by atoms with E-state index in [-0.39, 0.29) is 5.54 Å². The second-order valence-corrected chi connectivity index (χ2v) is 6.38. The van der Waals surface area contributed by atoms with E-state index in [1.54, 1.807) is 4.81 Å². The topological polar surface area (TPSA) is 19.4 Å². The number of hydrogen-bond donors (Lipinski definition) is 0. The van der Waals surface area contributed by atoms with Gasteiger partial charge in [0.25, 0.3) is 0 Å². The smallest absolute Gasteiger partial charge is 0.182 e. The molecule has 0 aliphatic heterocycles. The van der Waals surface area contributed by atoms with E-state index in [4.69, 9.17) is 7.98 Å². The number of aromatic nitrogens is 1. The summed E-state index contributed by atoms with van der Waals surface area (Å²) in [5.41, 5.74) is 1.53. The Morgan fingerprint density at radius 2 is 2.00 bits per heavy atom. The minimum Gasteiger partial charge on any atom is -0.356 e. The van der Waals surface area contributed by atoms with Crippen molar-refractivity contribution in [3.8, 4) is 0 Å². The Morgan fingerprint density at radius 3 is 2.50 bits per heavy atom. The maximum atomic E-state index is 5.72. The minimum absolute atomic E-state index is 0.166. The molecule has 20 heavy (non-hydrogen) atoms. The highest BCUT2D eigenvalue weighted by molar-refractivity contribution is 6.04. The van der Waals surface area contributed by atoms with E-state index in [2.05, 4.69) is 36.1 Å². The maximum Gasteiger partial charge on any atom is 0.182 e. The molecule has 0 saturated heterocycles. The van der Waals surface area contributed by atoms with Gasteiger partial charge < -0.3 is 4.81 Å². The molecular weight excluding hydrogens is 245 g/mol. The Balaban J connectivity index is 2.04. The lowest BCUT2D eigenvalue weighted by molar-refractivity contribution is 0.0740. The van der Waals surface area contributed by atoms with Gasteiger partial charge in [0.05, 0.1) is 0 Å². The van der Waals surface area contributed by atoms with Crippen LogP contribution in [0.3, 0.4) is 0 Å². The molecule has 1 heterocycles. The van der Waals surface area contributed by atoms with E-state index < -0.39 is 0 Å². The third-order valence-electron chi connectivity index (χ3n) is 4.88. The molecule has 2 radical (unpaired) electrons. The van der Waals surface area contributed by atoms with Gasteiger partial charge in [0.15, 0.2) is 7.98 Å². The van der Waals surface area contributed by atoms with Crippen molar-refractivity contribution in [1.29, 1.82) is 0 Å². The van der Waals surface area contributed by atoms with E-state index >= 15 is 0 Å². The molecule has 0 aromatic carbocycles. The third-order valence-corrected chi connectivity index (χ3v) is 4.88. The summed E-state index contributed by atoms with van der Waals surface area (Å²) >= 11 is 0. The van der Waals surface area contributed by atoms with Crippen LogP contribution in [0.1, 0.15) is 37.7 Å². The second-order valence-electron chi connectivity index (χ2n) is 6.38. The van der Waals surface area contributed by atoms with Crippen molar-refractivity contribution < 1.29 is 0 Å². The van der Waals surface area contributed by atoms with Crippen LogP contribution in [-0.2, 0) is 5.54 Å². The average Bonchev–Trinajstić information content (AvgIpc) is 2.46. The van der Waals surface area contributed by atoms with Crippen molar-refractivity contribution in [1.82, 2.24) is 14.7 Å². The predicted molar refractivity (Wildman–Crippen MR) is 84.6 cm³/mol. The Kier molecular flexibility index (Phi) is 5.22. The number of rotatable bonds is 5. The van der Waals surface area contributed by atoms with Gasteiger partial charge in [-0.25, -0.2) is 0 Å². The van der Waals surface area contributed by atoms with Crippen molar-refractivity contribution in [3.63, 3.8) is 0 Å². The predicted octanol–water partition coefficient (Wildman–Crippen LogP) is 2.43. The molecule has 108 valence electrons. The van der Waals surface area contributed by atoms with Gasteiger partial charge in [0.1, 0.15) is 0 Å². The summed E-state index contributed by atoms with van der Waals surface area (Å²) in [6.45, 7) is 0.993. The van der Waals surface area contributed by atoms with Gasteiger partial charge in [-0.05, 0) is 77.3 Å². The fourth-order valence-corrected chi connectivity index (χ4v) is 3.46. The standard InChI is InChI=1S/C16H26BN3/c1-19(2)16(15-5-4-11-18-13-15)9-6-14(7-10-16)8-12-20(3)17/h4-5,11,13-14H,6-10,12H2,1-3H3. The summed E-state index contributed by atoms with van der Waals surface area (Å²) < 4.78 is 0. The zero-order chi connectivity index (χ0) is 14.6. The SMILES string of the molecule is [B]N(C)CCC1CCC(c2cccnc2)(N(C)C)CC1. The van der Waals surface area contributed by atoms with Gasteiger partial charge >= 0.3 is 0 Å². The third kappa shape index (κ3) is 3.42. The van der Waals surface area contributed by atoms with Crippen LogP contribution in [0.5, 0.6) is 0 Å². The van der Waals surface area contributed by atoms with Crippen molar-refractivity contribution >= 4 is 7.98 Å². The van der Waals surface area contributed by atoms with Gasteiger partial charge in [0.2, 0.25) is 0 Å². The molecule has 1 aliphatic rings. The quantitative estimate of drug-likeness (QED) is 0.767. The van der Waals surface area contributed by atoms with Gasteiger partial charge in [-0.2, -0.15) is 0 Å². The van der Waals surface area contributed by atoms with E-state index in [0.717, 1.165) is 12.5 Å². The van der Waals surface area contributed by atoms with Crippen LogP contribution < -0.4 is 0 Å². The monoisotopic (exact) mass is 271 g/mol. The molecule has 0 N–H and O–H groups in total. The van der Waals surface area contributed by atoms with Gasteiger partial charge in [-0.3, -0.25) is 9.88 Å². The molecule has 0 spiro atoms. The Bertz CT molecular complexity index is 397. The second kappa shape index (κ2) is 6.73. The van der Waals surface area contributed by atoms with E-state index in [1.807, 2.05) is 19.4 Å². The minimum atomic E-state index is 0.166. The van der Waals surface area contributed by atoms with Crippen molar-refractivity contribution in [2.75, 3.05) is 27.7 Å². The Hall–Kier alpha value is -0.865. The van der Waals surface area contributed by atoms with E-state index in [1.165, 1.54) is 37.7 Å². The summed E-state index contributed by atoms with van der Waals surface area (Å²) in [6, 6.07) is 4.27. The summed E-state index contributed by atoms with van der Waals surface area (Å²) in [5.74, 6) is 0.811.